The van der Waals surface area contributed by atoms with Crippen LogP contribution in [-0.4, -0.2) is 38.6 Å². The van der Waals surface area contributed by atoms with E-state index in [1.54, 1.807) is 0 Å². The van der Waals surface area contributed by atoms with E-state index in [9.17, 15) is 0 Å². The summed E-state index contributed by atoms with van der Waals surface area (Å²) >= 11 is 1.29. The highest BCUT2D eigenvalue weighted by atomic mass is 32.2. The third-order valence-electron chi connectivity index (χ3n) is 2.91. The van der Waals surface area contributed by atoms with Crippen molar-refractivity contribution in [3.8, 4) is 6.01 Å². The van der Waals surface area contributed by atoms with Gasteiger partial charge in [-0.2, -0.15) is 15.0 Å². The summed E-state index contributed by atoms with van der Waals surface area (Å²) in [7, 11) is 1.52. The second kappa shape index (κ2) is 6.66. The van der Waals surface area contributed by atoms with Crippen molar-refractivity contribution < 1.29 is 4.74 Å². The lowest BCUT2D eigenvalue weighted by Gasteiger charge is -2.08. The number of ether oxygens (including phenoxy) is 1. The van der Waals surface area contributed by atoms with E-state index in [0.717, 1.165) is 23.5 Å². The van der Waals surface area contributed by atoms with E-state index in [1.807, 2.05) is 27.7 Å². The number of anilines is 1. The number of hydrogen-bond acceptors (Lipinski definition) is 8. The second-order valence-electron chi connectivity index (χ2n) is 4.36. The van der Waals surface area contributed by atoms with Gasteiger partial charge in [-0.05, 0) is 45.0 Å². The predicted octanol–water partition coefficient (Wildman–Crippen LogP) is 2.18. The Hall–Kier alpha value is -1.96. The highest BCUT2D eigenvalue weighted by Crippen LogP contribution is 2.24. The van der Waals surface area contributed by atoms with Crippen LogP contribution in [0.1, 0.15) is 23.9 Å². The summed E-state index contributed by atoms with van der Waals surface area (Å²) in [5.74, 6) is 0.479. The fourth-order valence-electron chi connectivity index (χ4n) is 1.58. The normalized spacial score (nSPS) is 10.5. The molecule has 1 N–H and O–H groups in total. The van der Waals surface area contributed by atoms with Gasteiger partial charge in [-0.25, -0.2) is 9.97 Å². The highest BCUT2D eigenvalue weighted by Gasteiger charge is 2.11. The van der Waals surface area contributed by atoms with E-state index in [4.69, 9.17) is 4.74 Å². The number of hydrogen-bond donors (Lipinski definition) is 1. The number of nitrogens with zero attached hydrogens (tertiary/aromatic N) is 5. The molecule has 0 fully saturated rings. The summed E-state index contributed by atoms with van der Waals surface area (Å²) in [4.78, 5) is 21.6. The molecule has 0 amide bonds. The van der Waals surface area contributed by atoms with Gasteiger partial charge in [0.05, 0.1) is 7.11 Å². The quantitative estimate of drug-likeness (QED) is 0.841. The highest BCUT2D eigenvalue weighted by molar-refractivity contribution is 7.99. The van der Waals surface area contributed by atoms with Crippen molar-refractivity contribution in [2.24, 2.45) is 0 Å². The molecular weight excluding hydrogens is 288 g/mol. The van der Waals surface area contributed by atoms with Gasteiger partial charge in [-0.15, -0.1) is 0 Å². The van der Waals surface area contributed by atoms with Crippen LogP contribution in [0.15, 0.2) is 10.3 Å². The van der Waals surface area contributed by atoms with Gasteiger partial charge in [0.15, 0.2) is 5.16 Å². The zero-order chi connectivity index (χ0) is 15.4. The van der Waals surface area contributed by atoms with Crippen LogP contribution in [0.5, 0.6) is 6.01 Å². The van der Waals surface area contributed by atoms with Crippen molar-refractivity contribution in [3.05, 3.63) is 17.0 Å². The third kappa shape index (κ3) is 3.78. The second-order valence-corrected chi connectivity index (χ2v) is 5.30. The summed E-state index contributed by atoms with van der Waals surface area (Å²) < 4.78 is 5.09. The van der Waals surface area contributed by atoms with Gasteiger partial charge >= 0.3 is 6.01 Å². The topological polar surface area (TPSA) is 85.7 Å². The Morgan fingerprint density at radius 2 is 1.57 bits per heavy atom. The van der Waals surface area contributed by atoms with Crippen LogP contribution in [-0.2, 0) is 0 Å². The lowest BCUT2D eigenvalue weighted by Crippen LogP contribution is -2.06. The Bertz CT molecular complexity index is 626. The molecule has 0 spiro atoms. The molecule has 2 aromatic heterocycles. The fourth-order valence-corrected chi connectivity index (χ4v) is 2.37. The van der Waals surface area contributed by atoms with E-state index in [-0.39, 0.29) is 6.01 Å². The lowest BCUT2D eigenvalue weighted by atomic mass is 10.2. The molecule has 0 aromatic carbocycles. The Kier molecular flexibility index (Phi) is 4.89. The number of aromatic nitrogens is 5. The maximum Gasteiger partial charge on any atom is 0.321 e. The minimum Gasteiger partial charge on any atom is -0.467 e. The number of nitrogens with one attached hydrogen (secondary N) is 1. The van der Waals surface area contributed by atoms with Crippen LogP contribution in [0, 0.1) is 20.8 Å². The van der Waals surface area contributed by atoms with Crippen molar-refractivity contribution >= 4 is 17.7 Å². The molecule has 0 aliphatic heterocycles. The smallest absolute Gasteiger partial charge is 0.321 e. The zero-order valence-corrected chi connectivity index (χ0v) is 13.6. The van der Waals surface area contributed by atoms with Gasteiger partial charge in [-0.1, -0.05) is 0 Å². The van der Waals surface area contributed by atoms with Crippen molar-refractivity contribution in [1.82, 2.24) is 24.9 Å². The molecule has 2 rings (SSSR count). The standard InChI is InChI=1S/C13H18N6OS/c1-6-14-10-17-11(20-5)19-13(18-10)21-12-15-8(3)7(2)9(4)16-12/h6H2,1-5H3,(H,14,17,18,19). The van der Waals surface area contributed by atoms with Crippen LogP contribution in [0.4, 0.5) is 5.95 Å². The molecule has 2 heterocycles. The van der Waals surface area contributed by atoms with E-state index in [2.05, 4.69) is 30.2 Å². The molecule has 0 atom stereocenters. The molecular formula is C13H18N6OS. The van der Waals surface area contributed by atoms with E-state index in [0.29, 0.717) is 16.3 Å². The van der Waals surface area contributed by atoms with Gasteiger partial charge in [0.2, 0.25) is 11.1 Å². The van der Waals surface area contributed by atoms with E-state index in [1.165, 1.54) is 18.9 Å². The Morgan fingerprint density at radius 1 is 0.952 bits per heavy atom. The molecule has 7 nitrogen and oxygen atoms in total. The average molecular weight is 306 g/mol. The van der Waals surface area contributed by atoms with Crippen LogP contribution in [0.2, 0.25) is 0 Å². The first-order chi connectivity index (χ1) is 10.0. The van der Waals surface area contributed by atoms with Crippen molar-refractivity contribution in [1.29, 1.82) is 0 Å². The number of aryl methyl sites for hydroxylation is 2. The first-order valence-corrected chi connectivity index (χ1v) is 7.38. The van der Waals surface area contributed by atoms with Crippen LogP contribution < -0.4 is 10.1 Å². The SMILES string of the molecule is CCNc1nc(OC)nc(Sc2nc(C)c(C)c(C)n2)n1. The zero-order valence-electron chi connectivity index (χ0n) is 12.8. The molecule has 21 heavy (non-hydrogen) atoms. The average Bonchev–Trinajstić information content (AvgIpc) is 2.44. The lowest BCUT2D eigenvalue weighted by molar-refractivity contribution is 0.373. The van der Waals surface area contributed by atoms with Crippen LogP contribution in [0.25, 0.3) is 0 Å². The fraction of sp³-hybridized carbons (Fsp3) is 0.462. The summed E-state index contributed by atoms with van der Waals surface area (Å²) in [6, 6.07) is 0.268. The molecule has 0 saturated carbocycles. The van der Waals surface area contributed by atoms with Gasteiger partial charge in [-0.3, -0.25) is 0 Å². The maximum atomic E-state index is 5.09. The molecule has 112 valence electrons. The minimum atomic E-state index is 0.268. The Labute approximate surface area is 128 Å². The summed E-state index contributed by atoms with van der Waals surface area (Å²) in [6.07, 6.45) is 0. The van der Waals surface area contributed by atoms with Crippen molar-refractivity contribution in [3.63, 3.8) is 0 Å². The molecule has 0 aliphatic rings. The number of methoxy groups -OCH3 is 1. The number of rotatable bonds is 5. The molecule has 0 aliphatic carbocycles. The Morgan fingerprint density at radius 3 is 2.14 bits per heavy atom. The van der Waals surface area contributed by atoms with Crippen LogP contribution in [0.3, 0.4) is 0 Å². The van der Waals surface area contributed by atoms with E-state index >= 15 is 0 Å². The molecule has 2 aromatic rings. The molecule has 0 saturated heterocycles. The molecule has 0 bridgehead atoms. The largest absolute Gasteiger partial charge is 0.467 e. The molecule has 8 heteroatoms. The minimum absolute atomic E-state index is 0.268. The first-order valence-electron chi connectivity index (χ1n) is 6.57. The van der Waals surface area contributed by atoms with Gasteiger partial charge in [0, 0.05) is 17.9 Å². The summed E-state index contributed by atoms with van der Waals surface area (Å²) in [5, 5.41) is 4.16. The van der Waals surface area contributed by atoms with Crippen molar-refractivity contribution in [2.45, 2.75) is 38.0 Å². The van der Waals surface area contributed by atoms with E-state index < -0.39 is 0 Å². The van der Waals surface area contributed by atoms with Crippen LogP contribution >= 0.6 is 11.8 Å². The summed E-state index contributed by atoms with van der Waals surface area (Å²) in [6.45, 7) is 8.63. The third-order valence-corrected chi connectivity index (χ3v) is 3.64. The maximum absolute atomic E-state index is 5.09. The molecule has 0 radical (unpaired) electrons. The van der Waals surface area contributed by atoms with Crippen molar-refractivity contribution in [2.75, 3.05) is 19.0 Å². The van der Waals surface area contributed by atoms with Gasteiger partial charge < -0.3 is 10.1 Å². The van der Waals surface area contributed by atoms with Gasteiger partial charge in [0.1, 0.15) is 0 Å². The summed E-state index contributed by atoms with van der Waals surface area (Å²) in [5.41, 5.74) is 3.01. The monoisotopic (exact) mass is 306 g/mol. The predicted molar refractivity (Wildman–Crippen MR) is 80.9 cm³/mol. The first kappa shape index (κ1) is 15.4. The Balaban J connectivity index is 2.32. The molecule has 0 unspecified atom stereocenters. The van der Waals surface area contributed by atoms with Gasteiger partial charge in [0.25, 0.3) is 0 Å².